The number of nitrogens with zero attached hydrogens (tertiary/aromatic N) is 7. The van der Waals surface area contributed by atoms with Crippen molar-refractivity contribution >= 4 is 29.2 Å². The number of aromatic nitrogens is 7. The molecule has 1 aromatic carbocycles. The smallest absolute Gasteiger partial charge is 0.416 e. The molecule has 0 aliphatic heterocycles. The lowest BCUT2D eigenvalue weighted by Crippen LogP contribution is -2.37. The molecular formula is C21H16Cl2F3N7O4. The molecule has 0 bridgehead atoms. The first kappa shape index (κ1) is 26.3. The molecule has 0 spiro atoms. The minimum atomic E-state index is -4.97. The Kier molecular flexibility index (Phi) is 7.34. The predicted octanol–water partition coefficient (Wildman–Crippen LogP) is 2.75. The van der Waals surface area contributed by atoms with Gasteiger partial charge in [0.1, 0.15) is 6.54 Å². The van der Waals surface area contributed by atoms with E-state index in [1.807, 2.05) is 0 Å². The molecule has 0 radical (unpaired) electrons. The SMILES string of the molecule is COC(=O)c1nc(Cn2nc(-c3ccc(Cl)cc3)n(C[C@H](O)C(F)(F)F)c2=O)nn1-c1cc(Cl)ccn1. The number of alkyl halides is 3. The maximum absolute atomic E-state index is 13.1. The molecule has 37 heavy (non-hydrogen) atoms. The standard InChI is InChI=1S/C21H16Cl2F3N7O4/c1-37-19(35)18-28-15(29-33(18)16-8-13(23)6-7-27-16)10-32-20(36)31(9-14(34)21(24,25)26)17(30-32)11-2-4-12(22)5-3-11/h2-8,14,34H,9-10H2,1H3/t14-/m0/s1. The second-order valence-corrected chi connectivity index (χ2v) is 8.40. The van der Waals surface area contributed by atoms with Gasteiger partial charge in [0.05, 0.1) is 13.7 Å². The number of halogens is 5. The maximum Gasteiger partial charge on any atom is 0.416 e. The second kappa shape index (κ2) is 10.3. The molecule has 0 aliphatic carbocycles. The van der Waals surface area contributed by atoms with Crippen molar-refractivity contribution in [3.63, 3.8) is 0 Å². The van der Waals surface area contributed by atoms with Crippen molar-refractivity contribution in [2.75, 3.05) is 7.11 Å². The lowest BCUT2D eigenvalue weighted by molar-refractivity contribution is -0.207. The number of rotatable bonds is 7. The highest BCUT2D eigenvalue weighted by atomic mass is 35.5. The van der Waals surface area contributed by atoms with E-state index < -0.39 is 37.0 Å². The first-order valence-corrected chi connectivity index (χ1v) is 11.1. The van der Waals surface area contributed by atoms with Gasteiger partial charge in [0.25, 0.3) is 0 Å². The zero-order valence-corrected chi connectivity index (χ0v) is 20.2. The molecule has 0 aliphatic rings. The second-order valence-electron chi connectivity index (χ2n) is 7.53. The third-order valence-electron chi connectivity index (χ3n) is 4.99. The molecule has 3 heterocycles. The van der Waals surface area contributed by atoms with Crippen LogP contribution in [0, 0.1) is 0 Å². The number of pyridine rings is 1. The van der Waals surface area contributed by atoms with E-state index >= 15 is 0 Å². The first-order chi connectivity index (χ1) is 17.5. The number of carbonyl (C=O) groups is 1. The Balaban J connectivity index is 1.78. The summed E-state index contributed by atoms with van der Waals surface area (Å²) in [6, 6.07) is 8.75. The van der Waals surface area contributed by atoms with Crippen molar-refractivity contribution in [1.29, 1.82) is 0 Å². The van der Waals surface area contributed by atoms with Crippen LogP contribution in [0.5, 0.6) is 0 Å². The van der Waals surface area contributed by atoms with Crippen LogP contribution in [0.4, 0.5) is 13.2 Å². The molecule has 0 saturated heterocycles. The van der Waals surface area contributed by atoms with E-state index in [1.165, 1.54) is 42.6 Å². The quantitative estimate of drug-likeness (QED) is 0.343. The fourth-order valence-electron chi connectivity index (χ4n) is 3.25. The zero-order valence-electron chi connectivity index (χ0n) is 18.7. The van der Waals surface area contributed by atoms with Gasteiger partial charge >= 0.3 is 17.8 Å². The molecule has 0 saturated carbocycles. The zero-order chi connectivity index (χ0) is 26.9. The van der Waals surface area contributed by atoms with Crippen molar-refractivity contribution in [1.82, 2.24) is 34.1 Å². The molecule has 11 nitrogen and oxygen atoms in total. The van der Waals surface area contributed by atoms with Crippen LogP contribution in [-0.4, -0.2) is 64.6 Å². The molecule has 0 amide bonds. The third-order valence-corrected chi connectivity index (χ3v) is 5.48. The van der Waals surface area contributed by atoms with Gasteiger partial charge in [0.15, 0.2) is 23.6 Å². The fourth-order valence-corrected chi connectivity index (χ4v) is 3.53. The predicted molar refractivity (Wildman–Crippen MR) is 124 cm³/mol. The summed E-state index contributed by atoms with van der Waals surface area (Å²) in [5.74, 6) is -1.29. The Morgan fingerprint density at radius 1 is 1.14 bits per heavy atom. The Morgan fingerprint density at radius 2 is 1.84 bits per heavy atom. The highest BCUT2D eigenvalue weighted by Crippen LogP contribution is 2.24. The Labute approximate surface area is 215 Å². The number of esters is 1. The van der Waals surface area contributed by atoms with E-state index in [0.29, 0.717) is 14.6 Å². The number of aliphatic hydroxyl groups is 1. The number of carbonyl (C=O) groups excluding carboxylic acids is 1. The first-order valence-electron chi connectivity index (χ1n) is 10.3. The summed E-state index contributed by atoms with van der Waals surface area (Å²) in [6.07, 6.45) is -6.43. The lowest BCUT2D eigenvalue weighted by atomic mass is 10.2. The minimum absolute atomic E-state index is 0.104. The highest BCUT2D eigenvalue weighted by molar-refractivity contribution is 6.30. The molecule has 1 atom stereocenters. The van der Waals surface area contributed by atoms with Gasteiger partial charge in [-0.3, -0.25) is 4.57 Å². The largest absolute Gasteiger partial charge is 0.463 e. The summed E-state index contributed by atoms with van der Waals surface area (Å²) in [6.45, 7) is -1.55. The monoisotopic (exact) mass is 557 g/mol. The van der Waals surface area contributed by atoms with Crippen LogP contribution >= 0.6 is 23.2 Å². The van der Waals surface area contributed by atoms with Gasteiger partial charge in [-0.15, -0.1) is 10.2 Å². The normalized spacial score (nSPS) is 12.5. The average Bonchev–Trinajstić information content (AvgIpc) is 3.40. The number of aliphatic hydroxyl groups excluding tert-OH is 1. The third kappa shape index (κ3) is 5.65. The summed E-state index contributed by atoms with van der Waals surface area (Å²) in [5.41, 5.74) is -0.711. The van der Waals surface area contributed by atoms with E-state index in [2.05, 4.69) is 20.2 Å². The molecule has 4 rings (SSSR count). The minimum Gasteiger partial charge on any atom is -0.463 e. The average molecular weight is 558 g/mol. The van der Waals surface area contributed by atoms with Crippen LogP contribution in [0.25, 0.3) is 17.2 Å². The van der Waals surface area contributed by atoms with Crippen molar-refractivity contribution in [3.8, 4) is 17.2 Å². The van der Waals surface area contributed by atoms with Gasteiger partial charge < -0.3 is 9.84 Å². The molecular weight excluding hydrogens is 542 g/mol. The number of benzene rings is 1. The Hall–Kier alpha value is -3.75. The molecule has 194 valence electrons. The van der Waals surface area contributed by atoms with Gasteiger partial charge in [-0.25, -0.2) is 24.2 Å². The Morgan fingerprint density at radius 3 is 2.46 bits per heavy atom. The van der Waals surface area contributed by atoms with Crippen LogP contribution in [0.2, 0.25) is 10.0 Å². The number of ether oxygens (including phenoxy) is 1. The topological polar surface area (TPSA) is 130 Å². The van der Waals surface area contributed by atoms with Crippen LogP contribution in [0.15, 0.2) is 47.4 Å². The van der Waals surface area contributed by atoms with E-state index in [1.54, 1.807) is 0 Å². The molecule has 4 aromatic rings. The van der Waals surface area contributed by atoms with Crippen molar-refractivity contribution in [2.24, 2.45) is 0 Å². The summed E-state index contributed by atoms with van der Waals surface area (Å²) in [7, 11) is 1.13. The van der Waals surface area contributed by atoms with Crippen molar-refractivity contribution in [2.45, 2.75) is 25.4 Å². The van der Waals surface area contributed by atoms with Crippen LogP contribution in [0.1, 0.15) is 16.4 Å². The van der Waals surface area contributed by atoms with E-state index in [0.717, 1.165) is 16.5 Å². The van der Waals surface area contributed by atoms with Crippen LogP contribution < -0.4 is 5.69 Å². The van der Waals surface area contributed by atoms with E-state index in [-0.39, 0.29) is 28.9 Å². The van der Waals surface area contributed by atoms with Gasteiger partial charge in [0, 0.05) is 27.9 Å². The molecule has 0 unspecified atom stereocenters. The maximum atomic E-state index is 13.1. The molecule has 3 aromatic heterocycles. The fraction of sp³-hybridized carbons (Fsp3) is 0.238. The summed E-state index contributed by atoms with van der Waals surface area (Å²) in [5, 5.41) is 18.6. The van der Waals surface area contributed by atoms with Crippen molar-refractivity contribution in [3.05, 3.63) is 74.8 Å². The lowest BCUT2D eigenvalue weighted by Gasteiger charge is -2.15. The number of methoxy groups -OCH3 is 1. The van der Waals surface area contributed by atoms with E-state index in [9.17, 15) is 27.9 Å². The van der Waals surface area contributed by atoms with Gasteiger partial charge in [0.2, 0.25) is 5.82 Å². The van der Waals surface area contributed by atoms with E-state index in [4.69, 9.17) is 27.9 Å². The van der Waals surface area contributed by atoms with Gasteiger partial charge in [-0.1, -0.05) is 23.2 Å². The summed E-state index contributed by atoms with van der Waals surface area (Å²) < 4.78 is 46.4. The number of hydrogen-bond donors (Lipinski definition) is 1. The van der Waals surface area contributed by atoms with Gasteiger partial charge in [-0.2, -0.15) is 17.9 Å². The van der Waals surface area contributed by atoms with Gasteiger partial charge in [-0.05, 0) is 30.3 Å². The Bertz CT molecular complexity index is 1500. The number of hydrogen-bond acceptors (Lipinski definition) is 8. The molecule has 1 N–H and O–H groups in total. The molecule has 0 fully saturated rings. The van der Waals surface area contributed by atoms with Crippen molar-refractivity contribution < 1.29 is 27.8 Å². The summed E-state index contributed by atoms with van der Waals surface area (Å²) >= 11 is 11.9. The summed E-state index contributed by atoms with van der Waals surface area (Å²) in [4.78, 5) is 33.5. The molecule has 16 heteroatoms. The van der Waals surface area contributed by atoms with Crippen LogP contribution in [0.3, 0.4) is 0 Å². The highest BCUT2D eigenvalue weighted by Gasteiger charge is 2.39. The van der Waals surface area contributed by atoms with Crippen LogP contribution in [-0.2, 0) is 17.8 Å².